The number of fused-ring (bicyclic) bond motifs is 1. The number of rotatable bonds is 6. The molecule has 0 spiro atoms. The molecular formula is C28H37BrN8O. The minimum atomic E-state index is 0.0863. The zero-order chi connectivity index (χ0) is 26.1. The maximum Gasteiger partial charge on any atom is 0.253 e. The maximum absolute atomic E-state index is 13.0. The summed E-state index contributed by atoms with van der Waals surface area (Å²) in [6, 6.07) is 8.94. The Morgan fingerprint density at radius 2 is 1.68 bits per heavy atom. The minimum Gasteiger partial charge on any atom is -0.365 e. The van der Waals surface area contributed by atoms with Crippen LogP contribution in [0.1, 0.15) is 80.6 Å². The van der Waals surface area contributed by atoms with Crippen molar-refractivity contribution in [2.24, 2.45) is 5.73 Å². The van der Waals surface area contributed by atoms with E-state index in [2.05, 4.69) is 31.1 Å². The van der Waals surface area contributed by atoms with Crippen molar-refractivity contribution in [1.82, 2.24) is 24.4 Å². The van der Waals surface area contributed by atoms with E-state index in [4.69, 9.17) is 20.7 Å². The fourth-order valence-corrected chi connectivity index (χ4v) is 6.60. The quantitative estimate of drug-likeness (QED) is 0.371. The molecule has 0 atom stereocenters. The van der Waals surface area contributed by atoms with Gasteiger partial charge < -0.3 is 25.8 Å². The first kappa shape index (κ1) is 25.6. The number of halogens is 1. The van der Waals surface area contributed by atoms with E-state index in [0.717, 1.165) is 65.5 Å². The lowest BCUT2D eigenvalue weighted by Crippen LogP contribution is -2.42. The number of imidazole rings is 1. The molecule has 1 amide bonds. The van der Waals surface area contributed by atoms with Crippen LogP contribution in [0.25, 0.3) is 11.2 Å². The average molecular weight is 582 g/mol. The second kappa shape index (κ2) is 11.2. The molecule has 3 fully saturated rings. The first-order valence-electron chi connectivity index (χ1n) is 14.1. The van der Waals surface area contributed by atoms with Crippen LogP contribution < -0.4 is 16.4 Å². The number of hydrogen-bond donors (Lipinski definition) is 3. The van der Waals surface area contributed by atoms with Gasteiger partial charge in [-0.25, -0.2) is 4.98 Å². The van der Waals surface area contributed by atoms with Crippen molar-refractivity contribution in [3.8, 4) is 0 Å². The fraction of sp³-hybridized carbons (Fsp3) is 0.571. The topological polar surface area (TPSA) is 114 Å². The van der Waals surface area contributed by atoms with Crippen LogP contribution in [0, 0.1) is 0 Å². The van der Waals surface area contributed by atoms with Crippen molar-refractivity contribution in [2.45, 2.75) is 88.4 Å². The van der Waals surface area contributed by atoms with Gasteiger partial charge in [-0.05, 0) is 69.6 Å². The van der Waals surface area contributed by atoms with Gasteiger partial charge in [-0.3, -0.25) is 4.79 Å². The van der Waals surface area contributed by atoms with E-state index < -0.39 is 0 Å². The number of likely N-dealkylation sites (tertiary alicyclic amines) is 1. The van der Waals surface area contributed by atoms with E-state index in [1.807, 2.05) is 35.5 Å². The fourth-order valence-electron chi connectivity index (χ4n) is 6.20. The number of anilines is 2. The van der Waals surface area contributed by atoms with E-state index >= 15 is 0 Å². The lowest BCUT2D eigenvalue weighted by Gasteiger charge is -2.33. The summed E-state index contributed by atoms with van der Waals surface area (Å²) >= 11 is 3.47. The minimum absolute atomic E-state index is 0.0863. The number of piperidine rings is 1. The van der Waals surface area contributed by atoms with Gasteiger partial charge >= 0.3 is 0 Å². The van der Waals surface area contributed by atoms with Crippen LogP contribution in [0.3, 0.4) is 0 Å². The van der Waals surface area contributed by atoms with E-state index in [9.17, 15) is 4.79 Å². The molecule has 1 saturated heterocycles. The summed E-state index contributed by atoms with van der Waals surface area (Å²) in [5, 5.41) is 7.30. The van der Waals surface area contributed by atoms with E-state index in [0.29, 0.717) is 37.2 Å². The molecule has 1 aliphatic heterocycles. The Balaban J connectivity index is 1.19. The Morgan fingerprint density at radius 1 is 0.947 bits per heavy atom. The number of aromatic nitrogens is 4. The number of nitrogens with two attached hydrogens (primary N) is 1. The number of hydrogen-bond acceptors (Lipinski definition) is 7. The lowest BCUT2D eigenvalue weighted by atomic mass is 9.92. The molecule has 202 valence electrons. The van der Waals surface area contributed by atoms with Gasteiger partial charge in [0.25, 0.3) is 5.91 Å². The highest BCUT2D eigenvalue weighted by molar-refractivity contribution is 9.10. The molecule has 4 N–H and O–H groups in total. The number of carbonyl (C=O) groups is 1. The van der Waals surface area contributed by atoms with Crippen molar-refractivity contribution in [1.29, 1.82) is 0 Å². The third-order valence-corrected chi connectivity index (χ3v) is 8.93. The van der Waals surface area contributed by atoms with Gasteiger partial charge in [-0.2, -0.15) is 9.97 Å². The Bertz CT molecular complexity index is 1270. The molecule has 0 bridgehead atoms. The molecule has 6 rings (SSSR count). The first-order valence-corrected chi connectivity index (χ1v) is 14.9. The largest absolute Gasteiger partial charge is 0.365 e. The lowest BCUT2D eigenvalue weighted by molar-refractivity contribution is 0.0718. The zero-order valence-electron chi connectivity index (χ0n) is 21.8. The highest BCUT2D eigenvalue weighted by Crippen LogP contribution is 2.34. The molecule has 1 aromatic carbocycles. The summed E-state index contributed by atoms with van der Waals surface area (Å²) in [6.45, 7) is 1.42. The van der Waals surface area contributed by atoms with Crippen molar-refractivity contribution in [3.63, 3.8) is 0 Å². The summed E-state index contributed by atoms with van der Waals surface area (Å²) < 4.78 is 3.18. The Hall–Kier alpha value is -2.72. The van der Waals surface area contributed by atoms with Crippen LogP contribution in [-0.4, -0.2) is 61.5 Å². The molecule has 2 aromatic heterocycles. The monoisotopic (exact) mass is 580 g/mol. The van der Waals surface area contributed by atoms with Crippen LogP contribution in [0.15, 0.2) is 35.1 Å². The van der Waals surface area contributed by atoms with Crippen molar-refractivity contribution >= 4 is 44.8 Å². The van der Waals surface area contributed by atoms with Crippen molar-refractivity contribution < 1.29 is 4.79 Å². The summed E-state index contributed by atoms with van der Waals surface area (Å²) in [6.07, 6.45) is 12.7. The smallest absolute Gasteiger partial charge is 0.253 e. The SMILES string of the molecule is NC1CCC(Nc2nc(NC3CCN(C(=O)c4cccc(Br)c4)CC3)c3ncn(C4CCCC4)c3n2)CC1. The summed E-state index contributed by atoms with van der Waals surface area (Å²) in [5.74, 6) is 1.55. The molecular weight excluding hydrogens is 544 g/mol. The van der Waals surface area contributed by atoms with Crippen LogP contribution in [-0.2, 0) is 0 Å². The average Bonchev–Trinajstić information content (AvgIpc) is 3.60. The number of amides is 1. The van der Waals surface area contributed by atoms with Gasteiger partial charge in [0.1, 0.15) is 0 Å². The van der Waals surface area contributed by atoms with Gasteiger partial charge in [0.2, 0.25) is 5.95 Å². The second-order valence-electron chi connectivity index (χ2n) is 11.1. The predicted molar refractivity (Wildman–Crippen MR) is 153 cm³/mol. The van der Waals surface area contributed by atoms with Crippen LogP contribution >= 0.6 is 15.9 Å². The molecule has 2 aliphatic carbocycles. The third kappa shape index (κ3) is 5.52. The summed E-state index contributed by atoms with van der Waals surface area (Å²) in [5.41, 5.74) is 8.59. The van der Waals surface area contributed by atoms with Crippen LogP contribution in [0.5, 0.6) is 0 Å². The Kier molecular flexibility index (Phi) is 7.52. The van der Waals surface area contributed by atoms with Gasteiger partial charge in [0.05, 0.1) is 6.33 Å². The number of nitrogens with one attached hydrogen (secondary N) is 2. The summed E-state index contributed by atoms with van der Waals surface area (Å²) in [4.78, 5) is 29.6. The highest BCUT2D eigenvalue weighted by Gasteiger charge is 2.27. The van der Waals surface area contributed by atoms with Crippen LogP contribution in [0.4, 0.5) is 11.8 Å². The Labute approximate surface area is 232 Å². The van der Waals surface area contributed by atoms with E-state index in [1.165, 1.54) is 25.7 Å². The molecule has 0 radical (unpaired) electrons. The number of nitrogens with zero attached hydrogens (tertiary/aromatic N) is 5. The second-order valence-corrected chi connectivity index (χ2v) is 12.1. The van der Waals surface area contributed by atoms with Crippen molar-refractivity contribution in [3.05, 3.63) is 40.6 Å². The molecule has 3 aliphatic rings. The summed E-state index contributed by atoms with van der Waals surface area (Å²) in [7, 11) is 0. The molecule has 3 aromatic rings. The number of benzene rings is 1. The van der Waals surface area contributed by atoms with E-state index in [-0.39, 0.29) is 11.9 Å². The standard InChI is InChI=1S/C28H37BrN8O/c29-19-5-3-4-18(16-19)27(38)36-14-12-22(13-15-36)32-25-24-26(37(17-31-24)23-6-1-2-7-23)35-28(34-25)33-21-10-8-20(30)9-11-21/h3-5,16-17,20-23H,1-2,6-15,30H2,(H2,32,33,34,35). The molecule has 3 heterocycles. The molecule has 38 heavy (non-hydrogen) atoms. The third-order valence-electron chi connectivity index (χ3n) is 8.44. The number of carbonyl (C=O) groups excluding carboxylic acids is 1. The van der Waals surface area contributed by atoms with Gasteiger partial charge in [0.15, 0.2) is 17.0 Å². The van der Waals surface area contributed by atoms with Crippen LogP contribution in [0.2, 0.25) is 0 Å². The van der Waals surface area contributed by atoms with Gasteiger partial charge in [-0.1, -0.05) is 34.8 Å². The molecule has 9 nitrogen and oxygen atoms in total. The molecule has 10 heteroatoms. The van der Waals surface area contributed by atoms with E-state index in [1.54, 1.807) is 0 Å². The molecule has 2 saturated carbocycles. The zero-order valence-corrected chi connectivity index (χ0v) is 23.4. The highest BCUT2D eigenvalue weighted by atomic mass is 79.9. The van der Waals surface area contributed by atoms with Crippen molar-refractivity contribution in [2.75, 3.05) is 23.7 Å². The maximum atomic E-state index is 13.0. The normalized spacial score (nSPS) is 23.2. The van der Waals surface area contributed by atoms with Gasteiger partial charge in [-0.15, -0.1) is 0 Å². The Morgan fingerprint density at radius 3 is 2.42 bits per heavy atom. The van der Waals surface area contributed by atoms with Gasteiger partial charge in [0, 0.05) is 47.3 Å². The predicted octanol–water partition coefficient (Wildman–Crippen LogP) is 5.10. The first-order chi connectivity index (χ1) is 18.5. The molecule has 0 unspecified atom stereocenters.